The van der Waals surface area contributed by atoms with Gasteiger partial charge in [-0.25, -0.2) is 13.3 Å². The molecule has 0 saturated carbocycles. The number of carbonyl (C=O) groups is 2. The van der Waals surface area contributed by atoms with Crippen molar-refractivity contribution in [2.24, 2.45) is 0 Å². The Labute approximate surface area is 239 Å². The molecular formula is C30H24IN3O4S. The Morgan fingerprint density at radius 2 is 1.62 bits per heavy atom. The molecule has 1 aliphatic rings. The summed E-state index contributed by atoms with van der Waals surface area (Å²) >= 11 is 2.15. The lowest BCUT2D eigenvalue weighted by atomic mass is 10.1. The van der Waals surface area contributed by atoms with Gasteiger partial charge >= 0.3 is 0 Å². The van der Waals surface area contributed by atoms with E-state index in [-0.39, 0.29) is 17.9 Å². The van der Waals surface area contributed by atoms with E-state index in [1.807, 2.05) is 66.9 Å². The molecule has 1 aliphatic heterocycles. The Balaban J connectivity index is 1.39. The van der Waals surface area contributed by atoms with E-state index in [4.69, 9.17) is 0 Å². The van der Waals surface area contributed by atoms with Crippen LogP contribution in [-0.2, 0) is 26.0 Å². The second-order valence-corrected chi connectivity index (χ2v) is 12.6. The van der Waals surface area contributed by atoms with Gasteiger partial charge in [-0.15, -0.1) is 0 Å². The highest BCUT2D eigenvalue weighted by Crippen LogP contribution is 2.31. The van der Waals surface area contributed by atoms with Crippen LogP contribution in [0.2, 0.25) is 0 Å². The predicted molar refractivity (Wildman–Crippen MR) is 160 cm³/mol. The molecule has 1 saturated heterocycles. The maximum Gasteiger partial charge on any atom is 0.252 e. The van der Waals surface area contributed by atoms with E-state index >= 15 is 0 Å². The number of hydrogen-bond acceptors (Lipinski definition) is 4. The molecule has 0 bridgehead atoms. The molecule has 0 spiro atoms. The van der Waals surface area contributed by atoms with Gasteiger partial charge in [-0.1, -0.05) is 48.5 Å². The minimum atomic E-state index is -4.13. The number of benzene rings is 4. The molecule has 5 aromatic rings. The number of nitrogens with zero attached hydrogens (tertiary/aromatic N) is 2. The van der Waals surface area contributed by atoms with Crippen molar-refractivity contribution in [2.75, 3.05) is 11.4 Å². The molecule has 196 valence electrons. The first-order valence-corrected chi connectivity index (χ1v) is 15.0. The number of aromatic amines is 1. The van der Waals surface area contributed by atoms with Crippen molar-refractivity contribution in [1.82, 2.24) is 9.29 Å². The highest BCUT2D eigenvalue weighted by Gasteiger charge is 2.46. The Morgan fingerprint density at radius 1 is 0.897 bits per heavy atom. The minimum Gasteiger partial charge on any atom is -0.361 e. The van der Waals surface area contributed by atoms with Gasteiger partial charge < -0.3 is 4.98 Å². The number of H-pyrrole nitrogens is 1. The number of hydrogen-bond donors (Lipinski definition) is 1. The summed E-state index contributed by atoms with van der Waals surface area (Å²) in [5, 5.41) is 2.69. The Bertz CT molecular complexity index is 1830. The van der Waals surface area contributed by atoms with Crippen LogP contribution in [-0.4, -0.2) is 42.1 Å². The largest absolute Gasteiger partial charge is 0.361 e. The van der Waals surface area contributed by atoms with Crippen molar-refractivity contribution in [1.29, 1.82) is 0 Å². The third-order valence-corrected chi connectivity index (χ3v) is 9.78. The van der Waals surface area contributed by atoms with Gasteiger partial charge in [0, 0.05) is 27.2 Å². The molecule has 2 heterocycles. The normalized spacial score (nSPS) is 16.2. The summed E-state index contributed by atoms with van der Waals surface area (Å²) in [7, 11) is -4.13. The number of imide groups is 1. The van der Waals surface area contributed by atoms with Crippen LogP contribution >= 0.6 is 22.6 Å². The fraction of sp³-hybridized carbons (Fsp3) is 0.133. The van der Waals surface area contributed by atoms with Gasteiger partial charge in [-0.05, 0) is 87.8 Å². The molecule has 7 nitrogen and oxygen atoms in total. The molecule has 6 rings (SSSR count). The smallest absolute Gasteiger partial charge is 0.252 e. The molecule has 1 atom stereocenters. The van der Waals surface area contributed by atoms with Crippen LogP contribution in [0.5, 0.6) is 0 Å². The molecular weight excluding hydrogens is 625 g/mol. The SMILES string of the molecule is O=C1CC(N(CCc2c[nH]c3ccccc23)S(=O)(=O)c2ccc3ccccc3c2)C(=O)N1c1ccc(I)cc1. The second kappa shape index (κ2) is 10.2. The summed E-state index contributed by atoms with van der Waals surface area (Å²) in [5.41, 5.74) is 2.33. The van der Waals surface area contributed by atoms with E-state index in [1.54, 1.807) is 30.3 Å². The molecule has 1 N–H and O–H groups in total. The zero-order chi connectivity index (χ0) is 27.1. The number of anilines is 1. The summed E-state index contributed by atoms with van der Waals surface area (Å²) in [6, 6.07) is 26.2. The van der Waals surface area contributed by atoms with Gasteiger partial charge in [-0.3, -0.25) is 9.59 Å². The number of sulfonamides is 1. The first-order valence-electron chi connectivity index (χ1n) is 12.5. The van der Waals surface area contributed by atoms with Crippen LogP contribution in [0.15, 0.2) is 102 Å². The van der Waals surface area contributed by atoms with Crippen LogP contribution in [0, 0.1) is 3.57 Å². The Kier molecular flexibility index (Phi) is 6.74. The maximum atomic E-state index is 14.2. The monoisotopic (exact) mass is 649 g/mol. The molecule has 1 aromatic heterocycles. The highest BCUT2D eigenvalue weighted by molar-refractivity contribution is 14.1. The van der Waals surface area contributed by atoms with Crippen molar-refractivity contribution in [3.63, 3.8) is 0 Å². The number of carbonyl (C=O) groups excluding carboxylic acids is 2. The fourth-order valence-corrected chi connectivity index (χ4v) is 7.16. The lowest BCUT2D eigenvalue weighted by Gasteiger charge is -2.27. The second-order valence-electron chi connectivity index (χ2n) is 9.50. The summed E-state index contributed by atoms with van der Waals surface area (Å²) < 4.78 is 30.5. The van der Waals surface area contributed by atoms with Crippen LogP contribution < -0.4 is 4.90 Å². The summed E-state index contributed by atoms with van der Waals surface area (Å²) in [6.07, 6.45) is 2.02. The molecule has 0 radical (unpaired) electrons. The van der Waals surface area contributed by atoms with Gasteiger partial charge in [0.25, 0.3) is 5.91 Å². The third kappa shape index (κ3) is 4.75. The van der Waals surface area contributed by atoms with Crippen molar-refractivity contribution in [2.45, 2.75) is 23.8 Å². The van der Waals surface area contributed by atoms with Crippen LogP contribution in [0.3, 0.4) is 0 Å². The average molecular weight is 650 g/mol. The van der Waals surface area contributed by atoms with Gasteiger partial charge in [0.2, 0.25) is 15.9 Å². The molecule has 1 unspecified atom stereocenters. The zero-order valence-electron chi connectivity index (χ0n) is 20.7. The molecule has 9 heteroatoms. The number of halogens is 1. The van der Waals surface area contributed by atoms with Crippen LogP contribution in [0.25, 0.3) is 21.7 Å². The fourth-order valence-electron chi connectivity index (χ4n) is 5.18. The number of fused-ring (bicyclic) bond motifs is 2. The van der Waals surface area contributed by atoms with Crippen LogP contribution in [0.1, 0.15) is 12.0 Å². The van der Waals surface area contributed by atoms with Crippen molar-refractivity contribution >= 4 is 71.8 Å². The van der Waals surface area contributed by atoms with E-state index in [1.165, 1.54) is 4.31 Å². The summed E-state index contributed by atoms with van der Waals surface area (Å²) in [4.78, 5) is 31.2. The molecule has 4 aromatic carbocycles. The van der Waals surface area contributed by atoms with Crippen LogP contribution in [0.4, 0.5) is 5.69 Å². The molecule has 0 aliphatic carbocycles. The van der Waals surface area contributed by atoms with Crippen molar-refractivity contribution in [3.8, 4) is 0 Å². The van der Waals surface area contributed by atoms with Gasteiger partial charge in [0.15, 0.2) is 0 Å². The number of nitrogens with one attached hydrogen (secondary N) is 1. The van der Waals surface area contributed by atoms with E-state index in [0.29, 0.717) is 12.1 Å². The minimum absolute atomic E-state index is 0.0429. The van der Waals surface area contributed by atoms with E-state index in [0.717, 1.165) is 35.7 Å². The standard InChI is InChI=1S/C30H24IN3O4S/c31-23-10-12-24(13-11-23)34-29(35)18-28(30(34)36)33(16-15-22-19-32-27-8-4-3-7-26(22)27)39(37,38)25-14-9-20-5-1-2-6-21(20)17-25/h1-14,17,19,28,32H,15-16,18H2. The van der Waals surface area contributed by atoms with E-state index in [9.17, 15) is 18.0 Å². The first kappa shape index (κ1) is 25.7. The van der Waals surface area contributed by atoms with Gasteiger partial charge in [0.05, 0.1) is 17.0 Å². The number of rotatable bonds is 7. The number of aromatic nitrogens is 1. The topological polar surface area (TPSA) is 90.5 Å². The lowest BCUT2D eigenvalue weighted by Crippen LogP contribution is -2.46. The first-order chi connectivity index (χ1) is 18.8. The Hall–Kier alpha value is -3.54. The average Bonchev–Trinajstić information content (AvgIpc) is 3.49. The van der Waals surface area contributed by atoms with Gasteiger partial charge in [-0.2, -0.15) is 4.31 Å². The number of para-hydroxylation sites is 1. The summed E-state index contributed by atoms with van der Waals surface area (Å²) in [5.74, 6) is -0.957. The molecule has 2 amide bonds. The predicted octanol–water partition coefficient (Wildman–Crippen LogP) is 5.49. The highest BCUT2D eigenvalue weighted by atomic mass is 127. The quantitative estimate of drug-likeness (QED) is 0.187. The lowest BCUT2D eigenvalue weighted by molar-refractivity contribution is -0.122. The molecule has 1 fully saturated rings. The van der Waals surface area contributed by atoms with Crippen molar-refractivity contribution in [3.05, 3.63) is 106 Å². The van der Waals surface area contributed by atoms with Gasteiger partial charge in [0.1, 0.15) is 6.04 Å². The van der Waals surface area contributed by atoms with E-state index < -0.39 is 27.9 Å². The third-order valence-electron chi connectivity index (χ3n) is 7.16. The number of amides is 2. The van der Waals surface area contributed by atoms with Crippen molar-refractivity contribution < 1.29 is 18.0 Å². The van der Waals surface area contributed by atoms with E-state index in [2.05, 4.69) is 27.6 Å². The molecule has 39 heavy (non-hydrogen) atoms. The summed E-state index contributed by atoms with van der Waals surface area (Å²) in [6.45, 7) is 0.0429. The maximum absolute atomic E-state index is 14.2. The zero-order valence-corrected chi connectivity index (χ0v) is 23.7. The Morgan fingerprint density at radius 3 is 2.41 bits per heavy atom.